The molecule has 0 unspecified atom stereocenters. The molecule has 0 saturated heterocycles. The quantitative estimate of drug-likeness (QED) is 0.148. The number of pyridine rings is 5. The van der Waals surface area contributed by atoms with Crippen LogP contribution < -0.4 is 4.74 Å². The zero-order valence-corrected chi connectivity index (χ0v) is 24.7. The van der Waals surface area contributed by atoms with Crippen molar-refractivity contribution in [3.63, 3.8) is 0 Å². The molecule has 0 radical (unpaired) electrons. The molecule has 0 amide bonds. The van der Waals surface area contributed by atoms with Crippen LogP contribution in [0.15, 0.2) is 120 Å². The van der Waals surface area contributed by atoms with Crippen LogP contribution in [0.2, 0.25) is 0 Å². The number of nitrogens with zero attached hydrogens (tertiary/aromatic N) is 5. The summed E-state index contributed by atoms with van der Waals surface area (Å²) in [6.07, 6.45) is 12.4. The van der Waals surface area contributed by atoms with E-state index in [0.717, 1.165) is 57.8 Å². The first-order chi connectivity index (χ1) is 18.2. The standard InChI is InChI=1S/C19H19N3O.2C5H5NS.Pt/c1-2-3-13-23-15-10-12-21-19(14-15)18-9-6-8-17(22-18)16-7-4-5-11-20-16;2*7-5-1-3-6-4-2-5;/h4-12,14H,2-3,13H2,1H3;2*1-4H,(H,6,7);/q;;;+2/p-2. The van der Waals surface area contributed by atoms with Gasteiger partial charge in [0, 0.05) is 43.2 Å². The molecule has 0 aromatic carbocycles. The van der Waals surface area contributed by atoms with Crippen LogP contribution in [0.3, 0.4) is 0 Å². The van der Waals surface area contributed by atoms with Crippen molar-refractivity contribution < 1.29 is 25.8 Å². The summed E-state index contributed by atoms with van der Waals surface area (Å²) in [5, 5.41) is 0. The molecule has 0 aliphatic heterocycles. The maximum atomic E-state index is 5.74. The van der Waals surface area contributed by atoms with Crippen LogP contribution in [0.5, 0.6) is 5.75 Å². The van der Waals surface area contributed by atoms with E-state index in [9.17, 15) is 0 Å². The minimum atomic E-state index is 0. The third-order valence-corrected chi connectivity index (χ3v) is 5.28. The second kappa shape index (κ2) is 18.0. The Labute approximate surface area is 249 Å². The van der Waals surface area contributed by atoms with E-state index in [1.807, 2.05) is 48.5 Å². The van der Waals surface area contributed by atoms with E-state index in [1.165, 1.54) is 0 Å². The van der Waals surface area contributed by atoms with Gasteiger partial charge in [-0.25, -0.2) is 4.98 Å². The van der Waals surface area contributed by atoms with Gasteiger partial charge in [0.2, 0.25) is 0 Å². The van der Waals surface area contributed by atoms with Crippen molar-refractivity contribution in [2.24, 2.45) is 0 Å². The Morgan fingerprint density at radius 1 is 0.632 bits per heavy atom. The third kappa shape index (κ3) is 11.4. The second-order valence-electron chi connectivity index (χ2n) is 7.57. The summed E-state index contributed by atoms with van der Waals surface area (Å²) in [4.78, 5) is 22.7. The van der Waals surface area contributed by atoms with Crippen molar-refractivity contribution in [2.75, 3.05) is 6.61 Å². The van der Waals surface area contributed by atoms with Crippen LogP contribution in [-0.4, -0.2) is 31.5 Å². The predicted octanol–water partition coefficient (Wildman–Crippen LogP) is 6.36. The first-order valence-electron chi connectivity index (χ1n) is 11.8. The summed E-state index contributed by atoms with van der Waals surface area (Å²) >= 11 is 9.54. The van der Waals surface area contributed by atoms with Gasteiger partial charge in [0.15, 0.2) is 0 Å². The number of hydrogen-bond acceptors (Lipinski definition) is 8. The molecular weight excluding hydrogens is 694 g/mol. The average Bonchev–Trinajstić information content (AvgIpc) is 2.96. The zero-order valence-electron chi connectivity index (χ0n) is 20.8. The molecular formula is C29H27N5OPtS2. The van der Waals surface area contributed by atoms with E-state index in [2.05, 4.69) is 31.8 Å². The molecule has 0 spiro atoms. The van der Waals surface area contributed by atoms with Gasteiger partial charge in [0.25, 0.3) is 0 Å². The van der Waals surface area contributed by atoms with Crippen LogP contribution in [0, 0.1) is 0 Å². The number of aromatic nitrogens is 5. The maximum Gasteiger partial charge on any atom is 2.00 e. The van der Waals surface area contributed by atoms with Crippen LogP contribution in [0.25, 0.3) is 22.8 Å². The molecule has 0 atom stereocenters. The van der Waals surface area contributed by atoms with Gasteiger partial charge in [-0.2, -0.15) is 9.79 Å². The molecule has 0 fully saturated rings. The van der Waals surface area contributed by atoms with Gasteiger partial charge in [0.1, 0.15) is 5.75 Å². The Bertz CT molecular complexity index is 1280. The third-order valence-electron chi connectivity index (χ3n) is 4.74. The minimum Gasteiger partial charge on any atom is -0.780 e. The number of hydrogen-bond donors (Lipinski definition) is 0. The molecule has 0 aliphatic rings. The summed E-state index contributed by atoms with van der Waals surface area (Å²) in [5.74, 6) is 0.827. The van der Waals surface area contributed by atoms with Crippen molar-refractivity contribution in [1.29, 1.82) is 0 Å². The van der Waals surface area contributed by atoms with Gasteiger partial charge in [-0.1, -0.05) is 49.7 Å². The molecule has 6 nitrogen and oxygen atoms in total. The van der Waals surface area contributed by atoms with E-state index in [1.54, 1.807) is 61.4 Å². The molecule has 38 heavy (non-hydrogen) atoms. The molecule has 5 aromatic rings. The van der Waals surface area contributed by atoms with Gasteiger partial charge in [-0.3, -0.25) is 19.9 Å². The Morgan fingerprint density at radius 2 is 1.21 bits per heavy atom. The van der Waals surface area contributed by atoms with Gasteiger partial charge in [-0.05, 0) is 36.8 Å². The summed E-state index contributed by atoms with van der Waals surface area (Å²) in [6.45, 7) is 2.87. The Hall–Kier alpha value is -3.32. The SMILES string of the molecule is CCCCOc1ccnc(-c2cccc(-c3ccccn3)n2)c1.[Pt+2].[S-]c1ccncc1.[S-]c1ccncc1. The van der Waals surface area contributed by atoms with Crippen LogP contribution in [0.1, 0.15) is 19.8 Å². The van der Waals surface area contributed by atoms with E-state index in [0.29, 0.717) is 0 Å². The van der Waals surface area contributed by atoms with Crippen molar-refractivity contribution in [1.82, 2.24) is 24.9 Å². The van der Waals surface area contributed by atoms with Crippen molar-refractivity contribution >= 4 is 25.3 Å². The van der Waals surface area contributed by atoms with E-state index in [-0.39, 0.29) is 21.1 Å². The average molecular weight is 721 g/mol. The summed E-state index contributed by atoms with van der Waals surface area (Å²) < 4.78 is 5.74. The molecule has 5 rings (SSSR count). The molecule has 5 aromatic heterocycles. The van der Waals surface area contributed by atoms with Crippen LogP contribution >= 0.6 is 0 Å². The van der Waals surface area contributed by atoms with Gasteiger partial charge >= 0.3 is 21.1 Å². The maximum absolute atomic E-state index is 5.74. The fourth-order valence-electron chi connectivity index (χ4n) is 2.89. The zero-order chi connectivity index (χ0) is 26.1. The van der Waals surface area contributed by atoms with Crippen LogP contribution in [0.4, 0.5) is 0 Å². The predicted molar refractivity (Wildman–Crippen MR) is 151 cm³/mol. The fraction of sp³-hybridized carbons (Fsp3) is 0.138. The minimum absolute atomic E-state index is 0. The van der Waals surface area contributed by atoms with E-state index in [4.69, 9.17) is 30.0 Å². The molecule has 196 valence electrons. The first kappa shape index (κ1) is 30.9. The summed E-state index contributed by atoms with van der Waals surface area (Å²) in [7, 11) is 0. The number of ether oxygens (including phenoxy) is 1. The van der Waals surface area contributed by atoms with Crippen molar-refractivity contribution in [3.8, 4) is 28.5 Å². The normalized spacial score (nSPS) is 9.50. The number of unbranched alkanes of at least 4 members (excludes halogenated alkanes) is 1. The molecule has 0 saturated carbocycles. The summed E-state index contributed by atoms with van der Waals surface area (Å²) in [6, 6.07) is 22.6. The molecule has 5 heterocycles. The topological polar surface area (TPSA) is 73.7 Å². The first-order valence-corrected chi connectivity index (χ1v) is 12.6. The largest absolute Gasteiger partial charge is 2.00 e. The summed E-state index contributed by atoms with van der Waals surface area (Å²) in [5.41, 5.74) is 3.30. The molecule has 0 aliphatic carbocycles. The van der Waals surface area contributed by atoms with Gasteiger partial charge in [-0.15, -0.1) is 0 Å². The van der Waals surface area contributed by atoms with Crippen molar-refractivity contribution in [2.45, 2.75) is 29.6 Å². The Morgan fingerprint density at radius 3 is 1.74 bits per heavy atom. The Kier molecular flexibility index (Phi) is 14.7. The second-order valence-corrected chi connectivity index (χ2v) is 8.51. The Balaban J connectivity index is 0.000000275. The van der Waals surface area contributed by atoms with Gasteiger partial charge < -0.3 is 30.0 Å². The smallest absolute Gasteiger partial charge is 0.780 e. The molecule has 0 bridgehead atoms. The fourth-order valence-corrected chi connectivity index (χ4v) is 3.13. The van der Waals surface area contributed by atoms with E-state index < -0.39 is 0 Å². The molecule has 9 heteroatoms. The number of rotatable bonds is 6. The van der Waals surface area contributed by atoms with Gasteiger partial charge in [0.05, 0.1) is 29.4 Å². The molecule has 0 N–H and O–H groups in total. The monoisotopic (exact) mass is 720 g/mol. The van der Waals surface area contributed by atoms with E-state index >= 15 is 0 Å². The van der Waals surface area contributed by atoms with Crippen LogP contribution in [-0.2, 0) is 46.3 Å². The van der Waals surface area contributed by atoms with Crippen molar-refractivity contribution in [3.05, 3.63) is 110 Å².